The monoisotopic (exact) mass is 375 g/mol. The fourth-order valence-corrected chi connectivity index (χ4v) is 5.02. The number of thioether (sulfide) groups is 1. The van der Waals surface area contributed by atoms with E-state index < -0.39 is 0 Å². The van der Waals surface area contributed by atoms with E-state index in [1.54, 1.807) is 23.1 Å². The van der Waals surface area contributed by atoms with Crippen LogP contribution in [0.2, 0.25) is 0 Å². The number of thiophene rings is 1. The molecule has 0 unspecified atom stereocenters. The number of hydrogen-bond donors (Lipinski definition) is 1. The van der Waals surface area contributed by atoms with E-state index in [2.05, 4.69) is 26.7 Å². The molecule has 0 bridgehead atoms. The molecule has 0 aliphatic heterocycles. The number of rotatable bonds is 5. The lowest BCUT2D eigenvalue weighted by molar-refractivity contribution is 0.642. The van der Waals surface area contributed by atoms with Gasteiger partial charge < -0.3 is 9.55 Å². The molecule has 0 saturated heterocycles. The van der Waals surface area contributed by atoms with Gasteiger partial charge in [-0.1, -0.05) is 11.8 Å². The molecule has 132 valence electrons. The highest BCUT2D eigenvalue weighted by atomic mass is 32.2. The first-order valence-electron chi connectivity index (χ1n) is 8.59. The van der Waals surface area contributed by atoms with Gasteiger partial charge in [0.2, 0.25) is 0 Å². The Morgan fingerprint density at radius 1 is 1.36 bits per heavy atom. The maximum atomic E-state index is 12.5. The standard InChI is InChI=1S/C17H21N5OS2/c1-5-22-14(11-6-7-11)20-21-17(22)25-10(4)13-18-15(23)12-8(2)9(3)24-16(12)19-13/h10-11H,5-7H2,1-4H3,(H,18,19,23)/t10-/m0/s1. The van der Waals surface area contributed by atoms with E-state index in [9.17, 15) is 4.79 Å². The largest absolute Gasteiger partial charge is 0.309 e. The predicted octanol–water partition coefficient (Wildman–Crippen LogP) is 3.94. The van der Waals surface area contributed by atoms with Gasteiger partial charge >= 0.3 is 0 Å². The van der Waals surface area contributed by atoms with Crippen LogP contribution in [-0.2, 0) is 6.54 Å². The molecule has 1 aliphatic carbocycles. The molecule has 25 heavy (non-hydrogen) atoms. The number of fused-ring (bicyclic) bond motifs is 1. The summed E-state index contributed by atoms with van der Waals surface area (Å²) in [4.78, 5) is 22.1. The molecule has 1 N–H and O–H groups in total. The number of hydrogen-bond acceptors (Lipinski definition) is 6. The summed E-state index contributed by atoms with van der Waals surface area (Å²) in [5.41, 5.74) is 0.977. The lowest BCUT2D eigenvalue weighted by Crippen LogP contribution is -2.13. The molecule has 0 amide bonds. The van der Waals surface area contributed by atoms with E-state index in [-0.39, 0.29) is 10.8 Å². The topological polar surface area (TPSA) is 76.5 Å². The second-order valence-corrected chi connectivity index (χ2v) is 9.05. The molecule has 3 aromatic heterocycles. The second kappa shape index (κ2) is 6.25. The van der Waals surface area contributed by atoms with Crippen molar-refractivity contribution in [2.45, 2.75) is 63.4 Å². The summed E-state index contributed by atoms with van der Waals surface area (Å²) in [7, 11) is 0. The van der Waals surface area contributed by atoms with Gasteiger partial charge in [-0.25, -0.2) is 4.98 Å². The molecule has 0 aromatic carbocycles. The van der Waals surface area contributed by atoms with Gasteiger partial charge in [0, 0.05) is 17.3 Å². The third-order valence-electron chi connectivity index (χ3n) is 4.73. The molecule has 1 aliphatic rings. The van der Waals surface area contributed by atoms with Crippen molar-refractivity contribution >= 4 is 33.3 Å². The zero-order valence-electron chi connectivity index (χ0n) is 14.8. The third kappa shape index (κ3) is 2.91. The van der Waals surface area contributed by atoms with Gasteiger partial charge in [-0.05, 0) is 46.1 Å². The molecule has 0 spiro atoms. The normalized spacial score (nSPS) is 15.8. The smallest absolute Gasteiger partial charge is 0.259 e. The third-order valence-corrected chi connectivity index (χ3v) is 6.92. The minimum atomic E-state index is -0.0510. The van der Waals surface area contributed by atoms with Gasteiger partial charge in [0.15, 0.2) is 5.16 Å². The van der Waals surface area contributed by atoms with Crippen LogP contribution in [0.1, 0.15) is 59.9 Å². The van der Waals surface area contributed by atoms with Crippen LogP contribution in [0.3, 0.4) is 0 Å². The Kier molecular flexibility index (Phi) is 4.19. The summed E-state index contributed by atoms with van der Waals surface area (Å²) >= 11 is 3.18. The fraction of sp³-hybridized carbons (Fsp3) is 0.529. The first-order chi connectivity index (χ1) is 12.0. The fourth-order valence-electron chi connectivity index (χ4n) is 3.01. The average Bonchev–Trinajstić information content (AvgIpc) is 3.28. The maximum absolute atomic E-state index is 12.5. The van der Waals surface area contributed by atoms with Gasteiger partial charge in [0.1, 0.15) is 16.5 Å². The summed E-state index contributed by atoms with van der Waals surface area (Å²) in [6, 6.07) is 0. The van der Waals surface area contributed by atoms with Crippen LogP contribution in [0.15, 0.2) is 9.95 Å². The van der Waals surface area contributed by atoms with Crippen molar-refractivity contribution in [1.29, 1.82) is 0 Å². The summed E-state index contributed by atoms with van der Waals surface area (Å²) in [6.07, 6.45) is 2.42. The zero-order chi connectivity index (χ0) is 17.7. The van der Waals surface area contributed by atoms with Crippen molar-refractivity contribution in [2.24, 2.45) is 0 Å². The van der Waals surface area contributed by atoms with Crippen LogP contribution >= 0.6 is 23.1 Å². The van der Waals surface area contributed by atoms with E-state index >= 15 is 0 Å². The molecular weight excluding hydrogens is 354 g/mol. The average molecular weight is 376 g/mol. The van der Waals surface area contributed by atoms with Crippen LogP contribution in [0, 0.1) is 13.8 Å². The molecular formula is C17H21N5OS2. The van der Waals surface area contributed by atoms with Gasteiger partial charge in [-0.2, -0.15) is 0 Å². The SMILES string of the molecule is CCn1c(S[C@@H](C)c2nc3sc(C)c(C)c3c(=O)[nH]2)nnc1C1CC1. The van der Waals surface area contributed by atoms with E-state index in [0.29, 0.717) is 11.7 Å². The molecule has 4 rings (SSSR count). The van der Waals surface area contributed by atoms with Crippen LogP contribution in [0.4, 0.5) is 0 Å². The summed E-state index contributed by atoms with van der Waals surface area (Å²) in [6.45, 7) is 9.04. The van der Waals surface area contributed by atoms with Crippen molar-refractivity contribution < 1.29 is 0 Å². The molecule has 3 heterocycles. The molecule has 0 radical (unpaired) electrons. The number of H-pyrrole nitrogens is 1. The Hall–Kier alpha value is -1.67. The highest BCUT2D eigenvalue weighted by Crippen LogP contribution is 2.41. The van der Waals surface area contributed by atoms with Crippen LogP contribution in [0.5, 0.6) is 0 Å². The van der Waals surface area contributed by atoms with E-state index in [0.717, 1.165) is 38.2 Å². The minimum Gasteiger partial charge on any atom is -0.309 e. The van der Waals surface area contributed by atoms with Gasteiger partial charge in [-0.3, -0.25) is 4.79 Å². The van der Waals surface area contributed by atoms with E-state index in [1.807, 2.05) is 20.8 Å². The van der Waals surface area contributed by atoms with Gasteiger partial charge in [0.05, 0.1) is 10.6 Å². The number of aryl methyl sites for hydroxylation is 2. The Morgan fingerprint density at radius 3 is 2.80 bits per heavy atom. The Balaban J connectivity index is 1.66. The highest BCUT2D eigenvalue weighted by molar-refractivity contribution is 7.99. The zero-order valence-corrected chi connectivity index (χ0v) is 16.4. The minimum absolute atomic E-state index is 0.00126. The molecule has 1 saturated carbocycles. The van der Waals surface area contributed by atoms with Crippen molar-refractivity contribution in [3.05, 3.63) is 32.4 Å². The summed E-state index contributed by atoms with van der Waals surface area (Å²) < 4.78 is 2.19. The van der Waals surface area contributed by atoms with E-state index in [1.165, 1.54) is 12.8 Å². The maximum Gasteiger partial charge on any atom is 0.259 e. The highest BCUT2D eigenvalue weighted by Gasteiger charge is 2.30. The van der Waals surface area contributed by atoms with Crippen molar-refractivity contribution in [2.75, 3.05) is 0 Å². The van der Waals surface area contributed by atoms with Crippen LogP contribution < -0.4 is 5.56 Å². The van der Waals surface area contributed by atoms with Crippen molar-refractivity contribution in [3.63, 3.8) is 0 Å². The van der Waals surface area contributed by atoms with Gasteiger partial charge in [-0.15, -0.1) is 21.5 Å². The quantitative estimate of drug-likeness (QED) is 0.684. The predicted molar refractivity (Wildman–Crippen MR) is 102 cm³/mol. The molecule has 1 atom stereocenters. The number of aromatic nitrogens is 5. The molecule has 6 nitrogen and oxygen atoms in total. The Labute approximate surface area is 154 Å². The van der Waals surface area contributed by atoms with Crippen molar-refractivity contribution in [3.8, 4) is 0 Å². The summed E-state index contributed by atoms with van der Waals surface area (Å²) in [5, 5.41) is 10.4. The van der Waals surface area contributed by atoms with E-state index in [4.69, 9.17) is 4.98 Å². The second-order valence-electron chi connectivity index (χ2n) is 6.53. The molecule has 1 fully saturated rings. The molecule has 8 heteroatoms. The lowest BCUT2D eigenvalue weighted by atomic mass is 10.2. The first kappa shape index (κ1) is 16.8. The van der Waals surface area contributed by atoms with Crippen molar-refractivity contribution in [1.82, 2.24) is 24.7 Å². The van der Waals surface area contributed by atoms with Crippen LogP contribution in [-0.4, -0.2) is 24.7 Å². The molecule has 3 aromatic rings. The summed E-state index contributed by atoms with van der Waals surface area (Å²) in [5.74, 6) is 2.37. The Morgan fingerprint density at radius 2 is 2.12 bits per heavy atom. The van der Waals surface area contributed by atoms with Gasteiger partial charge in [0.25, 0.3) is 5.56 Å². The Bertz CT molecular complexity index is 999. The first-order valence-corrected chi connectivity index (χ1v) is 10.3. The number of aromatic amines is 1. The number of nitrogens with zero attached hydrogens (tertiary/aromatic N) is 4. The number of nitrogens with one attached hydrogen (secondary N) is 1. The van der Waals surface area contributed by atoms with Crippen LogP contribution in [0.25, 0.3) is 10.2 Å². The lowest BCUT2D eigenvalue weighted by Gasteiger charge is -2.11.